The molecule has 4 rings (SSSR count). The third kappa shape index (κ3) is 5.00. The minimum atomic E-state index is -0.445. The maximum Gasteiger partial charge on any atom is 0.233 e. The zero-order valence-corrected chi connectivity index (χ0v) is 18.9. The van der Waals surface area contributed by atoms with Crippen molar-refractivity contribution in [2.24, 2.45) is 0 Å². The Labute approximate surface area is 191 Å². The van der Waals surface area contributed by atoms with E-state index in [0.717, 1.165) is 27.4 Å². The number of rotatable bonds is 8. The lowest BCUT2D eigenvalue weighted by Gasteiger charge is -2.19. The predicted molar refractivity (Wildman–Crippen MR) is 128 cm³/mol. The molecule has 164 valence electrons. The second-order valence-corrected chi connectivity index (χ2v) is 9.03. The Morgan fingerprint density at radius 2 is 1.84 bits per heavy atom. The topological polar surface area (TPSA) is 80.0 Å². The monoisotopic (exact) mass is 446 g/mol. The van der Waals surface area contributed by atoms with Crippen LogP contribution >= 0.6 is 11.8 Å². The number of nitrogens with zero attached hydrogens (tertiary/aromatic N) is 3. The van der Waals surface area contributed by atoms with E-state index in [9.17, 15) is 9.90 Å². The molecule has 0 aliphatic heterocycles. The van der Waals surface area contributed by atoms with Crippen molar-refractivity contribution in [2.45, 2.75) is 36.8 Å². The maximum atomic E-state index is 12.9. The molecule has 2 aromatic heterocycles. The molecule has 0 radical (unpaired) electrons. The number of aliphatic hydroxyl groups excluding tert-OH is 1. The van der Waals surface area contributed by atoms with Crippen molar-refractivity contribution < 1.29 is 9.90 Å². The van der Waals surface area contributed by atoms with Crippen molar-refractivity contribution in [3.63, 3.8) is 0 Å². The van der Waals surface area contributed by atoms with Gasteiger partial charge >= 0.3 is 0 Å². The molecule has 2 atom stereocenters. The molecule has 0 fully saturated rings. The molecule has 0 saturated heterocycles. The molecule has 6 nitrogen and oxygen atoms in total. The van der Waals surface area contributed by atoms with Gasteiger partial charge in [0.1, 0.15) is 5.52 Å². The average Bonchev–Trinajstić information content (AvgIpc) is 3.16. The molecule has 1 unspecified atom stereocenters. The fraction of sp³-hybridized carbons (Fsp3) is 0.240. The smallest absolute Gasteiger partial charge is 0.233 e. The highest BCUT2D eigenvalue weighted by atomic mass is 32.2. The molecule has 0 bridgehead atoms. The largest absolute Gasteiger partial charge is 0.394 e. The van der Waals surface area contributed by atoms with E-state index in [0.29, 0.717) is 6.54 Å². The number of hydrogen-bond acceptors (Lipinski definition) is 5. The Kier molecular flexibility index (Phi) is 6.87. The van der Waals surface area contributed by atoms with E-state index in [-0.39, 0.29) is 12.5 Å². The summed E-state index contributed by atoms with van der Waals surface area (Å²) in [5.74, 6) is -0.153. The molecular formula is C25H26N4O2S. The van der Waals surface area contributed by atoms with Crippen molar-refractivity contribution in [3.8, 4) is 0 Å². The summed E-state index contributed by atoms with van der Waals surface area (Å²) < 4.78 is 2.05. The van der Waals surface area contributed by atoms with Gasteiger partial charge in [-0.2, -0.15) is 0 Å². The lowest BCUT2D eigenvalue weighted by Crippen LogP contribution is -2.36. The Balaban J connectivity index is 1.55. The Hall–Kier alpha value is -3.16. The van der Waals surface area contributed by atoms with Crippen LogP contribution in [-0.4, -0.2) is 37.4 Å². The van der Waals surface area contributed by atoms with Gasteiger partial charge in [0, 0.05) is 6.20 Å². The standard InChI is InChI=1S/C25H26N4O2S/c1-17-10-12-19(13-11-17)15-29-23-21(9-6-14-26-23)28-25(29)32-18(2)24(31)27-22(16-30)20-7-4-3-5-8-20/h3-14,18,22,30H,15-16H2,1-2H3,(H,27,31)/t18?,22-/m0/s1. The van der Waals surface area contributed by atoms with E-state index in [1.54, 1.807) is 6.20 Å². The minimum absolute atomic E-state index is 0.153. The number of amides is 1. The van der Waals surface area contributed by atoms with Crippen molar-refractivity contribution >= 4 is 28.8 Å². The van der Waals surface area contributed by atoms with Crippen LogP contribution in [0.5, 0.6) is 0 Å². The number of fused-ring (bicyclic) bond motifs is 1. The van der Waals surface area contributed by atoms with Gasteiger partial charge in [0.25, 0.3) is 0 Å². The van der Waals surface area contributed by atoms with Crippen molar-refractivity contribution in [1.82, 2.24) is 19.9 Å². The maximum absolute atomic E-state index is 12.9. The highest BCUT2D eigenvalue weighted by Gasteiger charge is 2.22. The van der Waals surface area contributed by atoms with Crippen LogP contribution in [0.1, 0.15) is 29.7 Å². The van der Waals surface area contributed by atoms with E-state index in [2.05, 4.69) is 46.1 Å². The highest BCUT2D eigenvalue weighted by molar-refractivity contribution is 8.00. The summed E-state index contributed by atoms with van der Waals surface area (Å²) in [5, 5.41) is 13.1. The molecule has 32 heavy (non-hydrogen) atoms. The molecule has 0 spiro atoms. The van der Waals surface area contributed by atoms with Crippen molar-refractivity contribution in [1.29, 1.82) is 0 Å². The number of aryl methyl sites for hydroxylation is 1. The molecular weight excluding hydrogens is 420 g/mol. The summed E-state index contributed by atoms with van der Waals surface area (Å²) >= 11 is 1.39. The van der Waals surface area contributed by atoms with Gasteiger partial charge in [0.15, 0.2) is 10.8 Å². The predicted octanol–water partition coefficient (Wildman–Crippen LogP) is 4.12. The van der Waals surface area contributed by atoms with Gasteiger partial charge in [-0.25, -0.2) is 9.97 Å². The number of imidazole rings is 1. The third-order valence-corrected chi connectivity index (χ3v) is 6.37. The quantitative estimate of drug-likeness (QED) is 0.398. The van der Waals surface area contributed by atoms with Crippen molar-refractivity contribution in [2.75, 3.05) is 6.61 Å². The number of nitrogens with one attached hydrogen (secondary N) is 1. The zero-order chi connectivity index (χ0) is 22.5. The number of thioether (sulfide) groups is 1. The van der Waals surface area contributed by atoms with Crippen LogP contribution in [0.4, 0.5) is 0 Å². The molecule has 2 heterocycles. The van der Waals surface area contributed by atoms with Crippen molar-refractivity contribution in [3.05, 3.63) is 89.6 Å². The third-order valence-electron chi connectivity index (χ3n) is 5.28. The number of aromatic nitrogens is 3. The Morgan fingerprint density at radius 1 is 1.09 bits per heavy atom. The first-order valence-corrected chi connectivity index (χ1v) is 11.4. The van der Waals surface area contributed by atoms with E-state index < -0.39 is 11.3 Å². The van der Waals surface area contributed by atoms with Gasteiger partial charge in [0.05, 0.1) is 24.4 Å². The SMILES string of the molecule is Cc1ccc(Cn2c(SC(C)C(=O)N[C@@H](CO)c3ccccc3)nc3cccnc32)cc1. The first kappa shape index (κ1) is 22.0. The van der Waals surface area contributed by atoms with Crippen LogP contribution in [0.15, 0.2) is 78.1 Å². The second-order valence-electron chi connectivity index (χ2n) is 7.73. The number of carbonyl (C=O) groups is 1. The molecule has 2 N–H and O–H groups in total. The highest BCUT2D eigenvalue weighted by Crippen LogP contribution is 2.28. The summed E-state index contributed by atoms with van der Waals surface area (Å²) in [6.07, 6.45) is 1.76. The molecule has 4 aromatic rings. The van der Waals surface area contributed by atoms with Gasteiger partial charge < -0.3 is 10.4 Å². The summed E-state index contributed by atoms with van der Waals surface area (Å²) in [6, 6.07) is 21.2. The fourth-order valence-electron chi connectivity index (χ4n) is 3.47. The van der Waals surface area contributed by atoms with Crippen LogP contribution in [-0.2, 0) is 11.3 Å². The fourth-order valence-corrected chi connectivity index (χ4v) is 4.39. The van der Waals surface area contributed by atoms with Crippen LogP contribution in [0, 0.1) is 6.92 Å². The van der Waals surface area contributed by atoms with E-state index in [1.165, 1.54) is 17.3 Å². The van der Waals surface area contributed by atoms with Crippen LogP contribution < -0.4 is 5.32 Å². The number of benzene rings is 2. The summed E-state index contributed by atoms with van der Waals surface area (Å²) in [6.45, 7) is 4.37. The van der Waals surface area contributed by atoms with Crippen LogP contribution in [0.2, 0.25) is 0 Å². The summed E-state index contributed by atoms with van der Waals surface area (Å²) in [7, 11) is 0. The molecule has 0 aliphatic carbocycles. The zero-order valence-electron chi connectivity index (χ0n) is 18.1. The first-order valence-electron chi connectivity index (χ1n) is 10.5. The Bertz CT molecular complexity index is 1190. The summed E-state index contributed by atoms with van der Waals surface area (Å²) in [4.78, 5) is 22.2. The number of pyridine rings is 1. The average molecular weight is 447 g/mol. The lowest BCUT2D eigenvalue weighted by molar-refractivity contribution is -0.121. The van der Waals surface area contributed by atoms with Crippen LogP contribution in [0.25, 0.3) is 11.2 Å². The van der Waals surface area contributed by atoms with Crippen LogP contribution in [0.3, 0.4) is 0 Å². The normalized spacial score (nSPS) is 13.1. The van der Waals surface area contributed by atoms with Gasteiger partial charge in [-0.05, 0) is 37.1 Å². The number of aliphatic hydroxyl groups is 1. The van der Waals surface area contributed by atoms with Gasteiger partial charge in [-0.3, -0.25) is 9.36 Å². The Morgan fingerprint density at radius 3 is 2.56 bits per heavy atom. The molecule has 2 aromatic carbocycles. The van der Waals surface area contributed by atoms with Gasteiger partial charge in [-0.15, -0.1) is 0 Å². The van der Waals surface area contributed by atoms with E-state index >= 15 is 0 Å². The molecule has 0 aliphatic rings. The summed E-state index contributed by atoms with van der Waals surface area (Å²) in [5.41, 5.74) is 4.81. The number of hydrogen-bond donors (Lipinski definition) is 2. The van der Waals surface area contributed by atoms with Gasteiger partial charge in [0.2, 0.25) is 5.91 Å². The lowest BCUT2D eigenvalue weighted by atomic mass is 10.1. The van der Waals surface area contributed by atoms with E-state index in [1.807, 2.05) is 49.4 Å². The first-order chi connectivity index (χ1) is 15.5. The molecule has 0 saturated carbocycles. The second kappa shape index (κ2) is 9.97. The minimum Gasteiger partial charge on any atom is -0.394 e. The molecule has 7 heteroatoms. The van der Waals surface area contributed by atoms with Gasteiger partial charge in [-0.1, -0.05) is 71.9 Å². The molecule has 1 amide bonds. The van der Waals surface area contributed by atoms with E-state index in [4.69, 9.17) is 4.98 Å². The number of carbonyl (C=O) groups excluding carboxylic acids is 1.